The maximum absolute atomic E-state index is 8.59. The lowest BCUT2D eigenvalue weighted by atomic mass is 10.2. The zero-order valence-electron chi connectivity index (χ0n) is 9.58. The number of aryl methyl sites for hydroxylation is 1. The van der Waals surface area contributed by atoms with Gasteiger partial charge < -0.3 is 15.2 Å². The van der Waals surface area contributed by atoms with E-state index < -0.39 is 0 Å². The van der Waals surface area contributed by atoms with Gasteiger partial charge in [0.2, 0.25) is 0 Å². The first kappa shape index (κ1) is 13.5. The second kappa shape index (κ2) is 7.65. The molecule has 90 valence electrons. The Bertz CT molecular complexity index is 318. The molecule has 0 spiro atoms. The predicted octanol–water partition coefficient (Wildman–Crippen LogP) is 1.08. The SMILES string of the molecule is Cc1ccc(OCCC[NH2+]CCO)c(Br)c1. The number of hydrogen-bond donors (Lipinski definition) is 2. The highest BCUT2D eigenvalue weighted by Crippen LogP contribution is 2.25. The summed E-state index contributed by atoms with van der Waals surface area (Å²) in [6.07, 6.45) is 0.986. The van der Waals surface area contributed by atoms with E-state index in [9.17, 15) is 0 Å². The third-order valence-corrected chi connectivity index (χ3v) is 2.85. The van der Waals surface area contributed by atoms with Crippen LogP contribution in [0.5, 0.6) is 5.75 Å². The van der Waals surface area contributed by atoms with E-state index in [1.54, 1.807) is 0 Å². The Morgan fingerprint density at radius 1 is 1.38 bits per heavy atom. The Balaban J connectivity index is 2.21. The molecule has 0 saturated heterocycles. The Labute approximate surface area is 105 Å². The summed E-state index contributed by atoms with van der Waals surface area (Å²) in [5.41, 5.74) is 1.22. The number of halogens is 1. The molecule has 0 fully saturated rings. The van der Waals surface area contributed by atoms with E-state index in [1.165, 1.54) is 5.56 Å². The van der Waals surface area contributed by atoms with Crippen LogP contribution in [0.1, 0.15) is 12.0 Å². The van der Waals surface area contributed by atoms with Crippen LogP contribution < -0.4 is 10.1 Å². The predicted molar refractivity (Wildman–Crippen MR) is 67.7 cm³/mol. The summed E-state index contributed by atoms with van der Waals surface area (Å²) in [6.45, 7) is 4.77. The van der Waals surface area contributed by atoms with Crippen molar-refractivity contribution in [3.8, 4) is 5.75 Å². The quantitative estimate of drug-likeness (QED) is 0.738. The third kappa shape index (κ3) is 4.96. The lowest BCUT2D eigenvalue weighted by Crippen LogP contribution is -2.85. The van der Waals surface area contributed by atoms with Crippen molar-refractivity contribution >= 4 is 15.9 Å². The van der Waals surface area contributed by atoms with Gasteiger partial charge >= 0.3 is 0 Å². The van der Waals surface area contributed by atoms with E-state index in [0.29, 0.717) is 6.61 Å². The van der Waals surface area contributed by atoms with Gasteiger partial charge in [0.25, 0.3) is 0 Å². The summed E-state index contributed by atoms with van der Waals surface area (Å²) in [7, 11) is 0. The van der Waals surface area contributed by atoms with Crippen LogP contribution in [0.25, 0.3) is 0 Å². The van der Waals surface area contributed by atoms with Crippen molar-refractivity contribution in [2.24, 2.45) is 0 Å². The summed E-state index contributed by atoms with van der Waals surface area (Å²) in [5.74, 6) is 0.896. The Kier molecular flexibility index (Phi) is 6.45. The van der Waals surface area contributed by atoms with E-state index in [4.69, 9.17) is 9.84 Å². The van der Waals surface area contributed by atoms with E-state index in [2.05, 4.69) is 28.2 Å². The molecule has 16 heavy (non-hydrogen) atoms. The summed E-state index contributed by atoms with van der Waals surface area (Å²) in [6, 6.07) is 6.07. The molecule has 3 nitrogen and oxygen atoms in total. The summed E-state index contributed by atoms with van der Waals surface area (Å²) < 4.78 is 6.65. The molecule has 0 atom stereocenters. The molecule has 3 N–H and O–H groups in total. The fraction of sp³-hybridized carbons (Fsp3) is 0.500. The monoisotopic (exact) mass is 288 g/mol. The van der Waals surface area contributed by atoms with E-state index in [1.807, 2.05) is 18.2 Å². The lowest BCUT2D eigenvalue weighted by Gasteiger charge is -2.08. The fourth-order valence-electron chi connectivity index (χ4n) is 1.37. The molecule has 0 aliphatic carbocycles. The number of rotatable bonds is 7. The lowest BCUT2D eigenvalue weighted by molar-refractivity contribution is -0.656. The van der Waals surface area contributed by atoms with Crippen molar-refractivity contribution in [2.75, 3.05) is 26.3 Å². The number of hydrogen-bond acceptors (Lipinski definition) is 2. The standard InChI is InChI=1S/C12H18BrNO2/c1-10-3-4-12(11(13)9-10)16-8-2-5-14-6-7-15/h3-4,9,14-15H,2,5-8H2,1H3/p+1. The smallest absolute Gasteiger partial charge is 0.133 e. The van der Waals surface area contributed by atoms with E-state index in [-0.39, 0.29) is 6.61 Å². The van der Waals surface area contributed by atoms with Crippen LogP contribution in [0.15, 0.2) is 22.7 Å². The Morgan fingerprint density at radius 3 is 2.88 bits per heavy atom. The zero-order chi connectivity index (χ0) is 11.8. The van der Waals surface area contributed by atoms with Gasteiger partial charge in [0.05, 0.1) is 30.8 Å². The summed E-state index contributed by atoms with van der Waals surface area (Å²) >= 11 is 3.48. The molecule has 0 aliphatic rings. The van der Waals surface area contributed by atoms with Gasteiger partial charge in [0.15, 0.2) is 0 Å². The van der Waals surface area contributed by atoms with Crippen molar-refractivity contribution < 1.29 is 15.2 Å². The number of ether oxygens (including phenoxy) is 1. The molecule has 0 aromatic heterocycles. The number of aliphatic hydroxyl groups is 1. The van der Waals surface area contributed by atoms with Crippen LogP contribution >= 0.6 is 15.9 Å². The van der Waals surface area contributed by atoms with Crippen LogP contribution in [0.3, 0.4) is 0 Å². The molecule has 0 unspecified atom stereocenters. The van der Waals surface area contributed by atoms with Crippen LogP contribution in [-0.4, -0.2) is 31.4 Å². The van der Waals surface area contributed by atoms with Crippen LogP contribution in [0.2, 0.25) is 0 Å². The second-order valence-corrected chi connectivity index (χ2v) is 4.58. The highest BCUT2D eigenvalue weighted by Gasteiger charge is 2.00. The zero-order valence-corrected chi connectivity index (χ0v) is 11.2. The Hall–Kier alpha value is -0.580. The van der Waals surface area contributed by atoms with Crippen molar-refractivity contribution in [1.82, 2.24) is 0 Å². The van der Waals surface area contributed by atoms with E-state index in [0.717, 1.165) is 29.7 Å². The summed E-state index contributed by atoms with van der Waals surface area (Å²) in [4.78, 5) is 0. The highest BCUT2D eigenvalue weighted by atomic mass is 79.9. The van der Waals surface area contributed by atoms with Crippen LogP contribution in [0.4, 0.5) is 0 Å². The maximum atomic E-state index is 8.59. The molecular formula is C12H19BrNO2+. The van der Waals surface area contributed by atoms with Gasteiger partial charge in [-0.2, -0.15) is 0 Å². The van der Waals surface area contributed by atoms with Crippen molar-refractivity contribution in [3.63, 3.8) is 0 Å². The average molecular weight is 289 g/mol. The largest absolute Gasteiger partial charge is 0.492 e. The first-order valence-corrected chi connectivity index (χ1v) is 6.35. The maximum Gasteiger partial charge on any atom is 0.133 e. The molecule has 0 saturated carbocycles. The molecule has 0 amide bonds. The number of benzene rings is 1. The molecule has 1 rings (SSSR count). The number of aliphatic hydroxyl groups excluding tert-OH is 1. The first-order chi connectivity index (χ1) is 7.74. The fourth-order valence-corrected chi connectivity index (χ4v) is 1.98. The van der Waals surface area contributed by atoms with Gasteiger partial charge in [-0.3, -0.25) is 0 Å². The average Bonchev–Trinajstić information content (AvgIpc) is 2.26. The molecule has 0 bridgehead atoms. The van der Waals surface area contributed by atoms with Gasteiger partial charge in [-0.25, -0.2) is 0 Å². The number of nitrogens with two attached hydrogens (primary N) is 1. The van der Waals surface area contributed by atoms with Gasteiger partial charge in [-0.15, -0.1) is 0 Å². The van der Waals surface area contributed by atoms with Gasteiger partial charge in [0.1, 0.15) is 5.75 Å². The molecule has 0 heterocycles. The summed E-state index contributed by atoms with van der Waals surface area (Å²) in [5, 5.41) is 10.7. The minimum absolute atomic E-state index is 0.240. The van der Waals surface area contributed by atoms with Crippen molar-refractivity contribution in [3.05, 3.63) is 28.2 Å². The van der Waals surface area contributed by atoms with Gasteiger partial charge in [-0.1, -0.05) is 6.07 Å². The van der Waals surface area contributed by atoms with Gasteiger partial charge in [-0.05, 0) is 40.5 Å². The highest BCUT2D eigenvalue weighted by molar-refractivity contribution is 9.10. The first-order valence-electron chi connectivity index (χ1n) is 5.55. The van der Waals surface area contributed by atoms with Gasteiger partial charge in [0, 0.05) is 6.42 Å². The second-order valence-electron chi connectivity index (χ2n) is 3.73. The molecular weight excluding hydrogens is 270 g/mol. The molecule has 0 radical (unpaired) electrons. The topological polar surface area (TPSA) is 46.1 Å². The minimum atomic E-state index is 0.240. The normalized spacial score (nSPS) is 10.4. The Morgan fingerprint density at radius 2 is 2.19 bits per heavy atom. The van der Waals surface area contributed by atoms with E-state index >= 15 is 0 Å². The molecule has 4 heteroatoms. The molecule has 1 aromatic carbocycles. The molecule has 1 aromatic rings. The third-order valence-electron chi connectivity index (χ3n) is 2.23. The van der Waals surface area contributed by atoms with Crippen molar-refractivity contribution in [1.29, 1.82) is 0 Å². The van der Waals surface area contributed by atoms with Crippen molar-refractivity contribution in [2.45, 2.75) is 13.3 Å². The molecule has 0 aliphatic heterocycles. The van der Waals surface area contributed by atoms with Crippen LogP contribution in [0, 0.1) is 6.92 Å². The van der Waals surface area contributed by atoms with Crippen LogP contribution in [-0.2, 0) is 0 Å². The number of quaternary nitrogens is 1. The minimum Gasteiger partial charge on any atom is -0.492 e.